The lowest BCUT2D eigenvalue weighted by Gasteiger charge is -2.40. The minimum atomic E-state index is -0.967. The van der Waals surface area contributed by atoms with E-state index in [0.717, 1.165) is 162 Å². The summed E-state index contributed by atoms with van der Waals surface area (Å²) in [7, 11) is 9.82. The van der Waals surface area contributed by atoms with Crippen LogP contribution in [0.15, 0.2) is 120 Å². The molecule has 29 nitrogen and oxygen atoms in total. The number of amides is 9. The van der Waals surface area contributed by atoms with Gasteiger partial charge in [-0.2, -0.15) is 27.0 Å². The number of rotatable bonds is 33. The second-order valence-electron chi connectivity index (χ2n) is 30.5. The zero-order valence-electron chi connectivity index (χ0n) is 68.1. The Morgan fingerprint density at radius 2 is 0.874 bits per heavy atom. The SMILES string of the molecule is COc1cc(-c2cn(C)c(=O)c3cnccc23)cc(OC)c1CN1CC[C@H]1C(=O)NCCCCCCCCCc1cccc2c1C(=O)N(C1CCC(=O)NC1=O)C2=O.COc1cc(-c2cn(C)c(=O)c3cnccc23)cc(OC)c1CN1CC[C@H]1C(=O)O.NCCCCCCCCCc1cccc2c1C(=O)N(C1CCC(=O)NC1=O)C2=O.S.S. The van der Waals surface area contributed by atoms with Crippen LogP contribution in [0.2, 0.25) is 0 Å². The second kappa shape index (κ2) is 41.5. The van der Waals surface area contributed by atoms with Crippen molar-refractivity contribution in [2.45, 2.75) is 179 Å². The average Bonchev–Trinajstić information content (AvgIpc) is 1.28. The summed E-state index contributed by atoms with van der Waals surface area (Å²) in [5.41, 5.74) is 13.5. The van der Waals surface area contributed by atoms with Gasteiger partial charge in [-0.1, -0.05) is 88.5 Å². The van der Waals surface area contributed by atoms with Crippen molar-refractivity contribution < 1.29 is 72.0 Å². The van der Waals surface area contributed by atoms with E-state index < -0.39 is 65.4 Å². The molecular formula is C88H106N12O17S2. The molecule has 0 saturated carbocycles. The number of fused-ring (bicyclic) bond motifs is 4. The molecule has 10 heterocycles. The summed E-state index contributed by atoms with van der Waals surface area (Å²) in [5, 5.41) is 19.6. The van der Waals surface area contributed by atoms with Crippen molar-refractivity contribution >= 4 is 108 Å². The van der Waals surface area contributed by atoms with E-state index in [-0.39, 0.29) is 81.6 Å². The first-order valence-corrected chi connectivity index (χ1v) is 40.3. The quantitative estimate of drug-likeness (QED) is 0.0189. The molecule has 8 aromatic rings. The van der Waals surface area contributed by atoms with E-state index >= 15 is 0 Å². The Bertz CT molecular complexity index is 5230. The second-order valence-corrected chi connectivity index (χ2v) is 30.5. The maximum absolute atomic E-state index is 13.3. The number of aliphatic carboxylic acids is 1. The molecule has 4 saturated heterocycles. The van der Waals surface area contributed by atoms with Crippen molar-refractivity contribution in [2.24, 2.45) is 19.8 Å². The molecule has 4 atom stereocenters. The highest BCUT2D eigenvalue weighted by atomic mass is 32.1. The van der Waals surface area contributed by atoms with Gasteiger partial charge in [0, 0.05) is 108 Å². The van der Waals surface area contributed by atoms with E-state index in [1.807, 2.05) is 59.6 Å². The highest BCUT2D eigenvalue weighted by Gasteiger charge is 2.47. The molecule has 0 aliphatic carbocycles. The smallest absolute Gasteiger partial charge is 0.320 e. The van der Waals surface area contributed by atoms with Gasteiger partial charge in [0.2, 0.25) is 29.5 Å². The Hall–Kier alpha value is -11.1. The molecule has 119 heavy (non-hydrogen) atoms. The summed E-state index contributed by atoms with van der Waals surface area (Å²) in [4.78, 5) is 164. The minimum absolute atomic E-state index is 0. The third kappa shape index (κ3) is 20.1. The Morgan fingerprint density at radius 3 is 1.24 bits per heavy atom. The fourth-order valence-electron chi connectivity index (χ4n) is 16.5. The van der Waals surface area contributed by atoms with Crippen molar-refractivity contribution in [1.29, 1.82) is 0 Å². The minimum Gasteiger partial charge on any atom is -0.496 e. The molecule has 0 bridgehead atoms. The fourth-order valence-corrected chi connectivity index (χ4v) is 16.5. The van der Waals surface area contributed by atoms with Gasteiger partial charge in [-0.15, -0.1) is 0 Å². The number of pyridine rings is 4. The van der Waals surface area contributed by atoms with Crippen LogP contribution in [0.25, 0.3) is 43.8 Å². The largest absolute Gasteiger partial charge is 0.496 e. The Kier molecular flexibility index (Phi) is 31.5. The third-order valence-electron chi connectivity index (χ3n) is 23.1. The number of likely N-dealkylation sites (tertiary alicyclic amines) is 2. The number of carboxylic acids is 1. The van der Waals surface area contributed by atoms with Crippen molar-refractivity contribution in [3.63, 3.8) is 0 Å². The fraction of sp³-hybridized carbons (Fsp3) is 0.432. The van der Waals surface area contributed by atoms with Gasteiger partial charge in [-0.25, -0.2) is 0 Å². The van der Waals surface area contributed by atoms with Crippen molar-refractivity contribution in [3.05, 3.63) is 175 Å². The highest BCUT2D eigenvalue weighted by molar-refractivity contribution is 7.59. The molecule has 9 amide bonds. The van der Waals surface area contributed by atoms with E-state index in [1.165, 1.54) is 23.8 Å². The number of hydrogen-bond acceptors (Lipinski definition) is 21. The summed E-state index contributed by atoms with van der Waals surface area (Å²) in [5.74, 6) is -2.03. The van der Waals surface area contributed by atoms with Gasteiger partial charge >= 0.3 is 5.97 Å². The van der Waals surface area contributed by atoms with Crippen LogP contribution in [-0.2, 0) is 68.8 Å². The number of carboxylic acid groups (broad SMARTS) is 1. The van der Waals surface area contributed by atoms with Crippen LogP contribution < -0.4 is 51.8 Å². The number of aromatic nitrogens is 4. The number of unbranched alkanes of at least 4 members (excludes halogenated alkanes) is 12. The number of nitrogens with zero attached hydrogens (tertiary/aromatic N) is 8. The summed E-state index contributed by atoms with van der Waals surface area (Å²) in [6, 6.07) is 19.3. The predicted molar refractivity (Wildman–Crippen MR) is 457 cm³/mol. The molecule has 4 fully saturated rings. The molecule has 4 aromatic heterocycles. The zero-order valence-corrected chi connectivity index (χ0v) is 70.1. The molecule has 0 spiro atoms. The van der Waals surface area contributed by atoms with Gasteiger partial charge in [0.25, 0.3) is 34.7 Å². The molecule has 14 rings (SSSR count). The molecule has 6 N–H and O–H groups in total. The summed E-state index contributed by atoms with van der Waals surface area (Å²) >= 11 is 0. The highest BCUT2D eigenvalue weighted by Crippen LogP contribution is 2.42. The van der Waals surface area contributed by atoms with Gasteiger partial charge in [-0.05, 0) is 152 Å². The molecule has 0 radical (unpaired) electrons. The first-order valence-electron chi connectivity index (χ1n) is 40.3. The van der Waals surface area contributed by atoms with Gasteiger partial charge in [0.05, 0.1) is 78.6 Å². The van der Waals surface area contributed by atoms with Crippen LogP contribution in [0.4, 0.5) is 0 Å². The normalized spacial score (nSPS) is 17.5. The summed E-state index contributed by atoms with van der Waals surface area (Å²) < 4.78 is 26.1. The number of nitrogens with one attached hydrogen (secondary N) is 3. The lowest BCUT2D eigenvalue weighted by molar-refractivity contribution is -0.148. The monoisotopic (exact) mass is 1670 g/mol. The van der Waals surface area contributed by atoms with Crippen LogP contribution in [0, 0.1) is 0 Å². The Morgan fingerprint density at radius 1 is 0.487 bits per heavy atom. The van der Waals surface area contributed by atoms with E-state index in [9.17, 15) is 62.6 Å². The molecule has 632 valence electrons. The van der Waals surface area contributed by atoms with Crippen LogP contribution >= 0.6 is 27.0 Å². The number of carbonyl (C=O) groups is 10. The molecule has 4 aromatic carbocycles. The zero-order chi connectivity index (χ0) is 83.1. The average molecular weight is 1670 g/mol. The van der Waals surface area contributed by atoms with E-state index in [0.29, 0.717) is 95.0 Å². The van der Waals surface area contributed by atoms with Gasteiger partial charge in [0.1, 0.15) is 41.1 Å². The van der Waals surface area contributed by atoms with Gasteiger partial charge < -0.3 is 44.2 Å². The van der Waals surface area contributed by atoms with Crippen LogP contribution in [0.5, 0.6) is 23.0 Å². The standard InChI is InChI=1S/C44H50N6O8.C22H23N3O5.C22H29N3O4.2H2S/c1-48-25-32(29-17-20-45-24-31(29)42(48)54)28-22-36(57-2)33(37(23-28)58-3)26-49-21-18-34(49)40(52)46-19-10-8-6-4-5-7-9-12-27-13-11-14-30-39(27)44(56)50(43(30)55)35-15-16-38(51)47-41(35)53;1-24-11-16(14-4-6-23-10-15(14)21(24)26)13-8-19(29-2)17(20(9-13)30-3)12-25-7-5-18(25)22(27)28;23-14-7-5-3-1-2-4-6-9-15-10-8-11-16-19(15)22(29)25(21(16)28)17-12-13-18(26)24-20(17)27;;/h11,13-14,17,20,22-25,34-35H,4-10,12,15-16,18-19,21,26H2,1-3H3,(H,46,52)(H,47,51,53);4,6,8-11,18H,5,7,12H2,1-3H3,(H,27,28);8,10-11,17H,1-7,9,12-14,23H2,(H,24,26,27);2*1H2/t34-,35?;18-;;;/m00.../s1. The Balaban J connectivity index is 0.000000205. The van der Waals surface area contributed by atoms with Crippen LogP contribution in [-0.4, -0.2) is 182 Å². The number of aryl methyl sites for hydroxylation is 4. The number of carbonyl (C=O) groups excluding carboxylic acids is 9. The third-order valence-corrected chi connectivity index (χ3v) is 23.1. The topological polar surface area (TPSA) is 373 Å². The van der Waals surface area contributed by atoms with E-state index in [2.05, 4.69) is 30.8 Å². The molecule has 6 aliphatic rings. The molecular weight excluding hydrogens is 1560 g/mol. The summed E-state index contributed by atoms with van der Waals surface area (Å²) in [6.07, 6.45) is 28.2. The lowest BCUT2D eigenvalue weighted by atomic mass is 9.96. The van der Waals surface area contributed by atoms with E-state index in [1.54, 1.807) is 102 Å². The Labute approximate surface area is 703 Å². The van der Waals surface area contributed by atoms with Gasteiger partial charge in [-0.3, -0.25) is 97.7 Å². The van der Waals surface area contributed by atoms with Crippen molar-refractivity contribution in [1.82, 2.24) is 54.7 Å². The molecule has 2 unspecified atom stereocenters. The van der Waals surface area contributed by atoms with Crippen molar-refractivity contribution in [2.75, 3.05) is 54.6 Å². The number of methoxy groups -OCH3 is 4. The van der Waals surface area contributed by atoms with Gasteiger partial charge in [0.15, 0.2) is 0 Å². The number of imide groups is 4. The maximum Gasteiger partial charge on any atom is 0.320 e. The van der Waals surface area contributed by atoms with Crippen LogP contribution in [0.3, 0.4) is 0 Å². The number of nitrogens with two attached hydrogens (primary N) is 1. The number of piperidine rings is 2. The molecule has 31 heteroatoms. The predicted octanol–water partition coefficient (Wildman–Crippen LogP) is 9.50. The summed E-state index contributed by atoms with van der Waals surface area (Å²) in [6.45, 7) is 3.78. The maximum atomic E-state index is 13.3. The number of benzene rings is 4. The lowest BCUT2D eigenvalue weighted by Crippen LogP contribution is -2.55. The van der Waals surface area contributed by atoms with Crippen LogP contribution in [0.1, 0.15) is 192 Å². The first kappa shape index (κ1) is 90.2. The number of hydrogen-bond donors (Lipinski definition) is 5. The van der Waals surface area contributed by atoms with Crippen molar-refractivity contribution in [3.8, 4) is 45.3 Å². The van der Waals surface area contributed by atoms with E-state index in [4.69, 9.17) is 24.7 Å². The number of ether oxygens (including phenoxy) is 4. The molecule has 6 aliphatic heterocycles. The first-order chi connectivity index (χ1) is 56.6.